The molecule has 3 unspecified atom stereocenters. The van der Waals surface area contributed by atoms with Gasteiger partial charge < -0.3 is 18.9 Å². The van der Waals surface area contributed by atoms with Crippen molar-refractivity contribution in [3.8, 4) is 0 Å². The first-order chi connectivity index (χ1) is 16.8. The van der Waals surface area contributed by atoms with E-state index in [1.54, 1.807) is 12.1 Å². The summed E-state index contributed by atoms with van der Waals surface area (Å²) in [6.45, 7) is 1.42. The van der Waals surface area contributed by atoms with E-state index in [0.29, 0.717) is 17.7 Å². The first-order valence-corrected chi connectivity index (χ1v) is 12.3. The molecular weight excluding hydrogens is 526 g/mol. The Balaban J connectivity index is 0.000000196. The summed E-state index contributed by atoms with van der Waals surface area (Å²) in [5.74, 6) is -1.53. The standard InChI is InChI=1S/C13H14BrFO3.C13H15FO3/c1-17-13(16)12(14)10-7-8(15)4-5-9(10)11-3-2-6-18-11;1-16-13(15)8-9-7-10(14)4-5-11(9)12-3-2-6-17-12/h4-5,7,11-12H,2-3,6H2,1H3;4-5,7,12H,2-3,6,8H2,1H3. The third-order valence-corrected chi connectivity index (χ3v) is 6.82. The van der Waals surface area contributed by atoms with Crippen molar-refractivity contribution in [2.45, 2.75) is 49.1 Å². The monoisotopic (exact) mass is 554 g/mol. The normalized spacial score (nSPS) is 20.0. The van der Waals surface area contributed by atoms with Crippen LogP contribution in [0.1, 0.15) is 65.0 Å². The number of carbonyl (C=O) groups excluding carboxylic acids is 2. The van der Waals surface area contributed by atoms with E-state index in [0.717, 1.165) is 43.4 Å². The Hall–Kier alpha value is -2.36. The van der Waals surface area contributed by atoms with Crippen LogP contribution >= 0.6 is 15.9 Å². The molecule has 35 heavy (non-hydrogen) atoms. The van der Waals surface area contributed by atoms with Crippen LogP contribution in [0.4, 0.5) is 8.78 Å². The molecular formula is C26H29BrF2O6. The van der Waals surface area contributed by atoms with Crippen molar-refractivity contribution in [2.24, 2.45) is 0 Å². The fourth-order valence-electron chi connectivity index (χ4n) is 4.20. The SMILES string of the molecule is COC(=O)C(Br)c1cc(F)ccc1C1CCCO1.COC(=O)Cc1cc(F)ccc1C1CCCO1. The lowest BCUT2D eigenvalue weighted by molar-refractivity contribution is -0.140. The zero-order chi connectivity index (χ0) is 25.4. The molecule has 0 amide bonds. The highest BCUT2D eigenvalue weighted by Gasteiger charge is 2.27. The average molecular weight is 555 g/mol. The second-order valence-corrected chi connectivity index (χ2v) is 9.17. The molecule has 0 radical (unpaired) electrons. The maximum Gasteiger partial charge on any atom is 0.324 e. The molecule has 0 aliphatic carbocycles. The molecule has 0 aromatic heterocycles. The van der Waals surface area contributed by atoms with Gasteiger partial charge in [-0.25, -0.2) is 8.78 Å². The number of alkyl halides is 1. The Bertz CT molecular complexity index is 1020. The average Bonchev–Trinajstić information content (AvgIpc) is 3.58. The molecule has 190 valence electrons. The van der Waals surface area contributed by atoms with Crippen LogP contribution in [0.3, 0.4) is 0 Å². The van der Waals surface area contributed by atoms with Gasteiger partial charge in [0.05, 0.1) is 32.8 Å². The molecule has 0 saturated carbocycles. The summed E-state index contributed by atoms with van der Waals surface area (Å²) in [4.78, 5) is 22.2. The van der Waals surface area contributed by atoms with Crippen LogP contribution in [-0.4, -0.2) is 39.4 Å². The molecule has 9 heteroatoms. The fourth-order valence-corrected chi connectivity index (χ4v) is 4.79. The number of benzene rings is 2. The maximum absolute atomic E-state index is 13.3. The summed E-state index contributed by atoms with van der Waals surface area (Å²) in [6, 6.07) is 8.90. The number of halogens is 3. The number of carbonyl (C=O) groups is 2. The molecule has 2 aromatic carbocycles. The van der Waals surface area contributed by atoms with Crippen LogP contribution in [-0.2, 0) is 35.0 Å². The van der Waals surface area contributed by atoms with Gasteiger partial charge in [-0.1, -0.05) is 28.1 Å². The van der Waals surface area contributed by atoms with Gasteiger partial charge >= 0.3 is 11.9 Å². The molecule has 2 aromatic rings. The summed E-state index contributed by atoms with van der Waals surface area (Å²) >= 11 is 3.25. The Morgan fingerprint density at radius 3 is 2.06 bits per heavy atom. The van der Waals surface area contributed by atoms with Crippen molar-refractivity contribution in [3.05, 3.63) is 70.3 Å². The number of esters is 2. The molecule has 2 fully saturated rings. The summed E-state index contributed by atoms with van der Waals surface area (Å²) in [7, 11) is 2.63. The number of methoxy groups -OCH3 is 2. The van der Waals surface area contributed by atoms with Gasteiger partial charge in [-0.15, -0.1) is 0 Å². The molecule has 0 spiro atoms. The lowest BCUT2D eigenvalue weighted by Crippen LogP contribution is -2.12. The van der Waals surface area contributed by atoms with Crippen LogP contribution < -0.4 is 0 Å². The molecule has 2 aliphatic heterocycles. The fraction of sp³-hybridized carbons (Fsp3) is 0.462. The summed E-state index contributed by atoms with van der Waals surface area (Å²) in [5, 5.41) is 0. The second kappa shape index (κ2) is 13.1. The first-order valence-electron chi connectivity index (χ1n) is 11.4. The van der Waals surface area contributed by atoms with Gasteiger partial charge in [0, 0.05) is 13.2 Å². The Morgan fingerprint density at radius 1 is 0.943 bits per heavy atom. The van der Waals surface area contributed by atoms with Crippen molar-refractivity contribution >= 4 is 27.9 Å². The lowest BCUT2D eigenvalue weighted by Gasteiger charge is -2.17. The maximum atomic E-state index is 13.3. The minimum absolute atomic E-state index is 0.0183. The van der Waals surface area contributed by atoms with E-state index in [9.17, 15) is 18.4 Å². The second-order valence-electron chi connectivity index (χ2n) is 8.26. The van der Waals surface area contributed by atoms with Gasteiger partial charge in [-0.2, -0.15) is 0 Å². The van der Waals surface area contributed by atoms with E-state index < -0.39 is 10.8 Å². The smallest absolute Gasteiger partial charge is 0.324 e. The summed E-state index contributed by atoms with van der Waals surface area (Å²) in [5.41, 5.74) is 2.98. The highest BCUT2D eigenvalue weighted by atomic mass is 79.9. The lowest BCUT2D eigenvalue weighted by atomic mass is 9.98. The molecule has 2 aliphatic rings. The largest absolute Gasteiger partial charge is 0.469 e. The summed E-state index contributed by atoms with van der Waals surface area (Å²) < 4.78 is 47.0. The zero-order valence-electron chi connectivity index (χ0n) is 19.7. The van der Waals surface area contributed by atoms with E-state index in [1.165, 1.54) is 38.5 Å². The topological polar surface area (TPSA) is 71.1 Å². The quantitative estimate of drug-likeness (QED) is 0.338. The molecule has 4 rings (SSSR count). The Labute approximate surface area is 212 Å². The predicted molar refractivity (Wildman–Crippen MR) is 128 cm³/mol. The van der Waals surface area contributed by atoms with Crippen LogP contribution in [0.25, 0.3) is 0 Å². The highest BCUT2D eigenvalue weighted by molar-refractivity contribution is 9.09. The van der Waals surface area contributed by atoms with Gasteiger partial charge in [-0.3, -0.25) is 9.59 Å². The molecule has 2 saturated heterocycles. The van der Waals surface area contributed by atoms with E-state index in [2.05, 4.69) is 25.4 Å². The molecule has 2 heterocycles. The van der Waals surface area contributed by atoms with Gasteiger partial charge in [0.25, 0.3) is 0 Å². The highest BCUT2D eigenvalue weighted by Crippen LogP contribution is 2.37. The van der Waals surface area contributed by atoms with E-state index in [4.69, 9.17) is 9.47 Å². The minimum atomic E-state index is -0.669. The molecule has 3 atom stereocenters. The molecule has 0 N–H and O–H groups in total. The Kier molecular flexibility index (Phi) is 10.2. The van der Waals surface area contributed by atoms with Crippen molar-refractivity contribution in [2.75, 3.05) is 27.4 Å². The zero-order valence-corrected chi connectivity index (χ0v) is 21.3. The van der Waals surface area contributed by atoms with Gasteiger partial charge in [-0.05, 0) is 72.2 Å². The third-order valence-electron chi connectivity index (χ3n) is 5.95. The van der Waals surface area contributed by atoms with Crippen LogP contribution in [0.15, 0.2) is 36.4 Å². The van der Waals surface area contributed by atoms with Crippen molar-refractivity contribution in [1.82, 2.24) is 0 Å². The van der Waals surface area contributed by atoms with Crippen LogP contribution in [0.5, 0.6) is 0 Å². The van der Waals surface area contributed by atoms with Gasteiger partial charge in [0.1, 0.15) is 16.5 Å². The summed E-state index contributed by atoms with van der Waals surface area (Å²) in [6.07, 6.45) is 3.79. The van der Waals surface area contributed by atoms with E-state index >= 15 is 0 Å². The first kappa shape index (κ1) is 27.2. The Morgan fingerprint density at radius 2 is 1.51 bits per heavy atom. The van der Waals surface area contributed by atoms with Crippen molar-refractivity contribution in [1.29, 1.82) is 0 Å². The van der Waals surface area contributed by atoms with Gasteiger partial charge in [0.2, 0.25) is 0 Å². The third kappa shape index (κ3) is 7.32. The van der Waals surface area contributed by atoms with Crippen LogP contribution in [0.2, 0.25) is 0 Å². The van der Waals surface area contributed by atoms with Gasteiger partial charge in [0.15, 0.2) is 0 Å². The molecule has 6 nitrogen and oxygen atoms in total. The van der Waals surface area contributed by atoms with Crippen molar-refractivity contribution < 1.29 is 37.3 Å². The van der Waals surface area contributed by atoms with Crippen LogP contribution in [0, 0.1) is 11.6 Å². The predicted octanol–water partition coefficient (Wildman–Crippen LogP) is 5.68. The number of ether oxygens (including phenoxy) is 4. The number of hydrogen-bond acceptors (Lipinski definition) is 6. The van der Waals surface area contributed by atoms with E-state index in [-0.39, 0.29) is 36.2 Å². The number of hydrogen-bond donors (Lipinski definition) is 0. The minimum Gasteiger partial charge on any atom is -0.469 e. The van der Waals surface area contributed by atoms with E-state index in [1.807, 2.05) is 0 Å². The van der Waals surface area contributed by atoms with Crippen molar-refractivity contribution in [3.63, 3.8) is 0 Å². The number of rotatable bonds is 6. The molecule has 0 bridgehead atoms.